The van der Waals surface area contributed by atoms with Crippen molar-refractivity contribution in [2.24, 2.45) is 5.92 Å². The highest BCUT2D eigenvalue weighted by Gasteiger charge is 2.29. The zero-order valence-electron chi connectivity index (χ0n) is 12.0. The van der Waals surface area contributed by atoms with Crippen LogP contribution in [0.2, 0.25) is 0 Å². The van der Waals surface area contributed by atoms with Gasteiger partial charge in [0.2, 0.25) is 0 Å². The van der Waals surface area contributed by atoms with E-state index in [4.69, 9.17) is 0 Å². The normalized spacial score (nSPS) is 13.1. The quantitative estimate of drug-likeness (QED) is 0.794. The minimum absolute atomic E-state index is 0.0383. The summed E-state index contributed by atoms with van der Waals surface area (Å²) in [6, 6.07) is 3.15. The molecule has 0 N–H and O–H groups in total. The zero-order chi connectivity index (χ0) is 15.5. The lowest BCUT2D eigenvalue weighted by molar-refractivity contribution is -0.127. The van der Waals surface area contributed by atoms with E-state index < -0.39 is 17.6 Å². The number of thioether (sulfide) groups is 1. The molecule has 1 aromatic rings. The fourth-order valence-electron chi connectivity index (χ4n) is 1.67. The topological polar surface area (TPSA) is 34.1 Å². The first-order valence-corrected chi connectivity index (χ1v) is 7.09. The van der Waals surface area contributed by atoms with Crippen LogP contribution in [0, 0.1) is 17.6 Å². The Morgan fingerprint density at radius 1 is 1.25 bits per heavy atom. The maximum atomic E-state index is 13.6. The van der Waals surface area contributed by atoms with Crippen molar-refractivity contribution in [3.63, 3.8) is 0 Å². The highest BCUT2D eigenvalue weighted by atomic mass is 32.2. The molecule has 0 spiro atoms. The minimum atomic E-state index is -0.904. The maximum absolute atomic E-state index is 13.6. The molecule has 110 valence electrons. The summed E-state index contributed by atoms with van der Waals surface area (Å²) in [5, 5.41) is -0.284. The molecule has 2 nitrogen and oxygen atoms in total. The van der Waals surface area contributed by atoms with Gasteiger partial charge in [-0.25, -0.2) is 8.78 Å². The summed E-state index contributed by atoms with van der Waals surface area (Å²) >= 11 is 1.07. The Hall–Kier alpha value is -1.23. The number of Topliss-reactive ketones (excluding diaryl/α,β-unsaturated/α-hetero) is 1. The van der Waals surface area contributed by atoms with Crippen molar-refractivity contribution in [1.82, 2.24) is 0 Å². The number of hydrogen-bond acceptors (Lipinski definition) is 3. The van der Waals surface area contributed by atoms with E-state index in [0.29, 0.717) is 0 Å². The summed E-state index contributed by atoms with van der Waals surface area (Å²) in [6.45, 7) is 6.91. The average molecular weight is 300 g/mol. The second-order valence-electron chi connectivity index (χ2n) is 5.64. The first-order chi connectivity index (χ1) is 9.10. The Bertz CT molecular complexity index is 521. The molecule has 0 aliphatic rings. The standard InChI is InChI=1S/C15H18F2O2S/c1-9(18)12(14(19)20-15(2,3)4)7-10-5-6-11(16)8-13(10)17/h5-6,8,12H,7H2,1-4H3. The first-order valence-electron chi connectivity index (χ1n) is 6.27. The molecule has 0 radical (unpaired) electrons. The van der Waals surface area contributed by atoms with E-state index in [-0.39, 0.29) is 27.6 Å². The third-order valence-electron chi connectivity index (χ3n) is 2.62. The average Bonchev–Trinajstić information content (AvgIpc) is 2.24. The molecule has 0 heterocycles. The first kappa shape index (κ1) is 16.8. The molecule has 0 amide bonds. The molecule has 0 aliphatic heterocycles. The Morgan fingerprint density at radius 2 is 1.85 bits per heavy atom. The lowest BCUT2D eigenvalue weighted by Crippen LogP contribution is -2.26. The van der Waals surface area contributed by atoms with Crippen LogP contribution in [-0.2, 0) is 16.0 Å². The molecule has 0 bridgehead atoms. The van der Waals surface area contributed by atoms with Gasteiger partial charge in [0.15, 0.2) is 5.12 Å². The molecule has 5 heteroatoms. The van der Waals surface area contributed by atoms with E-state index in [9.17, 15) is 18.4 Å². The van der Waals surface area contributed by atoms with Crippen LogP contribution in [0.1, 0.15) is 33.3 Å². The fourth-order valence-corrected chi connectivity index (χ4v) is 2.67. The molecule has 0 saturated carbocycles. The number of hydrogen-bond donors (Lipinski definition) is 0. The van der Waals surface area contributed by atoms with Gasteiger partial charge in [0, 0.05) is 10.8 Å². The van der Waals surface area contributed by atoms with Gasteiger partial charge < -0.3 is 0 Å². The van der Waals surface area contributed by atoms with Crippen LogP contribution < -0.4 is 0 Å². The van der Waals surface area contributed by atoms with Gasteiger partial charge >= 0.3 is 0 Å². The Balaban J connectivity index is 2.93. The van der Waals surface area contributed by atoms with Gasteiger partial charge in [-0.2, -0.15) is 0 Å². The Morgan fingerprint density at radius 3 is 2.30 bits per heavy atom. The highest BCUT2D eigenvalue weighted by Crippen LogP contribution is 2.29. The lowest BCUT2D eigenvalue weighted by atomic mass is 9.97. The van der Waals surface area contributed by atoms with Crippen LogP contribution >= 0.6 is 11.8 Å². The minimum Gasteiger partial charge on any atom is -0.299 e. The number of carbonyl (C=O) groups excluding carboxylic acids is 2. The van der Waals surface area contributed by atoms with E-state index in [1.54, 1.807) is 0 Å². The van der Waals surface area contributed by atoms with Crippen molar-refractivity contribution in [2.75, 3.05) is 0 Å². The van der Waals surface area contributed by atoms with E-state index in [0.717, 1.165) is 23.9 Å². The van der Waals surface area contributed by atoms with Crippen molar-refractivity contribution in [1.29, 1.82) is 0 Å². The number of benzene rings is 1. The fraction of sp³-hybridized carbons (Fsp3) is 0.467. The largest absolute Gasteiger partial charge is 0.299 e. The number of ketones is 1. The SMILES string of the molecule is CC(=O)C(Cc1ccc(F)cc1F)C(=O)SC(C)(C)C. The third kappa shape index (κ3) is 5.04. The molecule has 1 unspecified atom stereocenters. The predicted molar refractivity (Wildman–Crippen MR) is 76.6 cm³/mol. The van der Waals surface area contributed by atoms with Crippen LogP contribution in [-0.4, -0.2) is 15.6 Å². The summed E-state index contributed by atoms with van der Waals surface area (Å²) in [5.41, 5.74) is 0.175. The molecule has 0 aliphatic carbocycles. The van der Waals surface area contributed by atoms with Crippen molar-refractivity contribution >= 4 is 22.7 Å². The third-order valence-corrected chi connectivity index (χ3v) is 3.72. The van der Waals surface area contributed by atoms with Crippen LogP contribution in [0.25, 0.3) is 0 Å². The van der Waals surface area contributed by atoms with Crippen LogP contribution in [0.4, 0.5) is 8.78 Å². The predicted octanol–water partition coefficient (Wildman–Crippen LogP) is 3.77. The van der Waals surface area contributed by atoms with Crippen LogP contribution in [0.15, 0.2) is 18.2 Å². The van der Waals surface area contributed by atoms with Gasteiger partial charge in [0.05, 0.1) is 5.92 Å². The molecular formula is C15H18F2O2S. The van der Waals surface area contributed by atoms with Crippen molar-refractivity contribution in [3.8, 4) is 0 Å². The molecule has 1 rings (SSSR count). The summed E-state index contributed by atoms with van der Waals surface area (Å²) in [6.07, 6.45) is -0.0383. The van der Waals surface area contributed by atoms with E-state index in [1.807, 2.05) is 20.8 Å². The van der Waals surface area contributed by atoms with Gasteiger partial charge in [-0.3, -0.25) is 9.59 Å². The van der Waals surface area contributed by atoms with Crippen molar-refractivity contribution in [2.45, 2.75) is 38.9 Å². The molecular weight excluding hydrogens is 282 g/mol. The smallest absolute Gasteiger partial charge is 0.200 e. The van der Waals surface area contributed by atoms with Crippen molar-refractivity contribution < 1.29 is 18.4 Å². The maximum Gasteiger partial charge on any atom is 0.200 e. The van der Waals surface area contributed by atoms with E-state index in [1.165, 1.54) is 13.0 Å². The molecule has 1 atom stereocenters. The number of carbonyl (C=O) groups is 2. The second kappa shape index (κ2) is 6.48. The van der Waals surface area contributed by atoms with E-state index in [2.05, 4.69) is 0 Å². The zero-order valence-corrected chi connectivity index (χ0v) is 12.8. The van der Waals surface area contributed by atoms with Crippen molar-refractivity contribution in [3.05, 3.63) is 35.4 Å². The Labute approximate surface area is 121 Å². The Kier molecular flexibility index (Phi) is 5.45. The second-order valence-corrected chi connectivity index (χ2v) is 7.47. The van der Waals surface area contributed by atoms with E-state index >= 15 is 0 Å². The van der Waals surface area contributed by atoms with Gasteiger partial charge in [-0.1, -0.05) is 38.6 Å². The monoisotopic (exact) mass is 300 g/mol. The van der Waals surface area contributed by atoms with Gasteiger partial charge in [-0.15, -0.1) is 0 Å². The number of rotatable bonds is 4. The van der Waals surface area contributed by atoms with Gasteiger partial charge in [-0.05, 0) is 25.0 Å². The molecule has 1 aromatic carbocycles. The van der Waals surface area contributed by atoms with Gasteiger partial charge in [0.25, 0.3) is 0 Å². The summed E-state index contributed by atoms with van der Waals surface area (Å²) in [5.74, 6) is -2.62. The number of halogens is 2. The summed E-state index contributed by atoms with van der Waals surface area (Å²) in [7, 11) is 0. The molecule has 0 fully saturated rings. The van der Waals surface area contributed by atoms with Gasteiger partial charge in [0.1, 0.15) is 17.4 Å². The highest BCUT2D eigenvalue weighted by molar-refractivity contribution is 8.14. The molecule has 0 aromatic heterocycles. The molecule has 0 saturated heterocycles. The van der Waals surface area contributed by atoms with Crippen LogP contribution in [0.3, 0.4) is 0 Å². The molecule has 20 heavy (non-hydrogen) atoms. The van der Waals surface area contributed by atoms with Crippen LogP contribution in [0.5, 0.6) is 0 Å². The summed E-state index contributed by atoms with van der Waals surface area (Å²) in [4.78, 5) is 23.8. The lowest BCUT2D eigenvalue weighted by Gasteiger charge is -2.20. The summed E-state index contributed by atoms with van der Waals surface area (Å²) < 4.78 is 26.1.